The highest BCUT2D eigenvalue weighted by atomic mass is 31.2. The molecule has 1 aromatic heterocycles. The first-order valence-corrected chi connectivity index (χ1v) is 17.5. The molecule has 3 atom stereocenters. The third-order valence-electron chi connectivity index (χ3n) is 9.42. The molecule has 0 amide bonds. The van der Waals surface area contributed by atoms with Crippen molar-refractivity contribution in [3.63, 3.8) is 0 Å². The van der Waals surface area contributed by atoms with Crippen molar-refractivity contribution in [2.24, 2.45) is 20.0 Å². The minimum atomic E-state index is -3.15. The SMILES string of the molecule is C=C1N=c2c3ccccc3c3n2[P@](C)(=O)C[N+]2=C(N=3)c3ccccc3C2/N=C2\CC(N=C(C)c3ccccc31)c1ccccc12. The van der Waals surface area contributed by atoms with Gasteiger partial charge in [0.15, 0.2) is 6.29 Å². The molecular weight excluding hydrogens is 575 g/mol. The van der Waals surface area contributed by atoms with Crippen LogP contribution in [0.4, 0.5) is 0 Å². The Hall–Kier alpha value is -5.00. The molecule has 45 heavy (non-hydrogen) atoms. The molecular formula is C37H30N6OP+. The van der Waals surface area contributed by atoms with E-state index >= 15 is 4.57 Å². The van der Waals surface area contributed by atoms with Crippen molar-refractivity contribution in [3.05, 3.63) is 148 Å². The van der Waals surface area contributed by atoms with Gasteiger partial charge in [-0.05, 0) is 29.6 Å². The first kappa shape index (κ1) is 26.4. The van der Waals surface area contributed by atoms with Gasteiger partial charge in [-0.2, -0.15) is 0 Å². The largest absolute Gasteiger partial charge is 0.331 e. The van der Waals surface area contributed by atoms with Gasteiger partial charge < -0.3 is 0 Å². The average molecular weight is 606 g/mol. The van der Waals surface area contributed by atoms with Gasteiger partial charge in [0.1, 0.15) is 5.49 Å². The summed E-state index contributed by atoms with van der Waals surface area (Å²) in [6, 6.07) is 32.9. The van der Waals surface area contributed by atoms with Crippen molar-refractivity contribution < 1.29 is 9.14 Å². The summed E-state index contributed by atoms with van der Waals surface area (Å²) < 4.78 is 19.2. The van der Waals surface area contributed by atoms with Gasteiger partial charge in [-0.3, -0.25) is 9.56 Å². The number of amidine groups is 1. The predicted molar refractivity (Wildman–Crippen MR) is 180 cm³/mol. The van der Waals surface area contributed by atoms with Crippen LogP contribution < -0.4 is 11.0 Å². The van der Waals surface area contributed by atoms with E-state index in [1.165, 1.54) is 5.56 Å². The lowest BCUT2D eigenvalue weighted by Crippen LogP contribution is -2.27. The number of hydrogen-bond donors (Lipinski definition) is 0. The molecule has 3 aliphatic heterocycles. The van der Waals surface area contributed by atoms with Crippen LogP contribution in [0, 0.1) is 0 Å². The fourth-order valence-electron chi connectivity index (χ4n) is 7.42. The highest BCUT2D eigenvalue weighted by Crippen LogP contribution is 2.46. The highest BCUT2D eigenvalue weighted by molar-refractivity contribution is 7.61. The van der Waals surface area contributed by atoms with Crippen molar-refractivity contribution in [3.8, 4) is 0 Å². The van der Waals surface area contributed by atoms with E-state index in [9.17, 15) is 0 Å². The van der Waals surface area contributed by atoms with Crippen molar-refractivity contribution in [2.75, 3.05) is 13.0 Å². The summed E-state index contributed by atoms with van der Waals surface area (Å²) in [5, 5.41) is 1.81. The molecule has 4 aliphatic rings. The molecule has 218 valence electrons. The molecule has 0 saturated carbocycles. The van der Waals surface area contributed by atoms with Crippen LogP contribution in [0.5, 0.6) is 0 Å². The molecule has 0 saturated heterocycles. The summed E-state index contributed by atoms with van der Waals surface area (Å²) in [6.07, 6.45) is 0.589. The zero-order chi connectivity index (χ0) is 30.4. The number of benzene rings is 4. The number of nitrogens with zero attached hydrogens (tertiary/aromatic N) is 6. The van der Waals surface area contributed by atoms with Crippen molar-refractivity contribution in [2.45, 2.75) is 25.6 Å². The molecule has 5 aromatic rings. The second-order valence-corrected chi connectivity index (χ2v) is 15.0. The van der Waals surface area contributed by atoms with E-state index in [-0.39, 0.29) is 18.5 Å². The number of aromatic nitrogens is 1. The van der Waals surface area contributed by atoms with E-state index in [4.69, 9.17) is 20.0 Å². The van der Waals surface area contributed by atoms with E-state index < -0.39 is 7.29 Å². The summed E-state index contributed by atoms with van der Waals surface area (Å²) in [4.78, 5) is 21.3. The molecule has 1 aliphatic carbocycles. The maximum atomic E-state index is 15.1. The second kappa shape index (κ2) is 9.50. The van der Waals surface area contributed by atoms with Crippen molar-refractivity contribution in [1.82, 2.24) is 4.34 Å². The van der Waals surface area contributed by atoms with E-state index in [1.807, 2.05) is 65.6 Å². The average Bonchev–Trinajstić information content (AvgIpc) is 3.62. The lowest BCUT2D eigenvalue weighted by atomic mass is 10.0. The smallest absolute Gasteiger partial charge is 0.296 e. The lowest BCUT2D eigenvalue weighted by molar-refractivity contribution is -0.549. The molecule has 4 heterocycles. The van der Waals surface area contributed by atoms with Crippen LogP contribution in [0.2, 0.25) is 0 Å². The fraction of sp³-hybridized carbons (Fsp3) is 0.162. The second-order valence-electron chi connectivity index (χ2n) is 12.3. The summed E-state index contributed by atoms with van der Waals surface area (Å²) in [5.41, 5.74) is 10.0. The molecule has 4 aromatic carbocycles. The van der Waals surface area contributed by atoms with Gasteiger partial charge in [0, 0.05) is 46.4 Å². The highest BCUT2D eigenvalue weighted by Gasteiger charge is 2.44. The standard InChI is InChI=1S/C37H30N6OP/c1-22-24-12-4-5-13-25(24)23(2)39-36-30-18-10-11-19-31(30)37-41-35-29-17-9-8-16-28(29)34(42(35)21-45(3,44)43(36)37)40-33-20-32(38-22)26-14-6-7-15-27(26)33/h4-19,32,34H,2,20-21H2,1,3H3/q+1/b38-22?,39-36?,40-33+/t32?,34?,45-/m1/s1. The van der Waals surface area contributed by atoms with Gasteiger partial charge in [-0.25, -0.2) is 18.9 Å². The summed E-state index contributed by atoms with van der Waals surface area (Å²) in [5.74, 6) is 0.792. The molecule has 0 radical (unpaired) electrons. The van der Waals surface area contributed by atoms with Crippen LogP contribution in [-0.2, 0) is 4.57 Å². The third-order valence-corrected chi connectivity index (χ3v) is 11.5. The number of fused-ring (bicyclic) bond motifs is 13. The fourth-order valence-corrected chi connectivity index (χ4v) is 9.50. The van der Waals surface area contributed by atoms with Gasteiger partial charge in [-0.15, -0.1) is 0 Å². The summed E-state index contributed by atoms with van der Waals surface area (Å²) >= 11 is 0. The molecule has 2 unspecified atom stereocenters. The van der Waals surface area contributed by atoms with E-state index in [0.29, 0.717) is 23.1 Å². The first-order valence-electron chi connectivity index (χ1n) is 15.3. The molecule has 4 bridgehead atoms. The molecule has 0 N–H and O–H groups in total. The Kier molecular flexibility index (Phi) is 5.57. The first-order chi connectivity index (χ1) is 21.9. The van der Waals surface area contributed by atoms with Gasteiger partial charge in [0.25, 0.3) is 5.49 Å². The Bertz CT molecular complexity index is 2430. The normalized spacial score (nSPS) is 24.2. The van der Waals surface area contributed by atoms with Crippen LogP contribution in [0.1, 0.15) is 58.9 Å². The number of rotatable bonds is 0. The van der Waals surface area contributed by atoms with Crippen LogP contribution in [0.25, 0.3) is 16.5 Å². The zero-order valence-electron chi connectivity index (χ0n) is 25.1. The van der Waals surface area contributed by atoms with E-state index in [0.717, 1.165) is 55.8 Å². The topological polar surface area (TPSA) is 74.4 Å². The van der Waals surface area contributed by atoms with E-state index in [1.54, 1.807) is 0 Å². The van der Waals surface area contributed by atoms with Gasteiger partial charge >= 0.3 is 5.84 Å². The Morgan fingerprint density at radius 2 is 1.36 bits per heavy atom. The predicted octanol–water partition coefficient (Wildman–Crippen LogP) is 6.51. The monoisotopic (exact) mass is 605 g/mol. The number of aliphatic imine (C=N–C) groups is 2. The zero-order valence-corrected chi connectivity index (χ0v) is 25.9. The molecule has 7 nitrogen and oxygen atoms in total. The minimum Gasteiger partial charge on any atom is -0.296 e. The third kappa shape index (κ3) is 3.83. The summed E-state index contributed by atoms with van der Waals surface area (Å²) in [7, 11) is -3.15. The molecule has 8 heteroatoms. The summed E-state index contributed by atoms with van der Waals surface area (Å²) in [6.45, 7) is 8.36. The van der Waals surface area contributed by atoms with Gasteiger partial charge in [0.2, 0.25) is 13.5 Å². The molecule has 0 spiro atoms. The minimum absolute atomic E-state index is 0.0689. The Balaban J connectivity index is 1.44. The Morgan fingerprint density at radius 1 is 0.756 bits per heavy atom. The number of hydrogen-bond acceptors (Lipinski definition) is 5. The quantitative estimate of drug-likeness (QED) is 0.147. The van der Waals surface area contributed by atoms with Crippen LogP contribution in [-0.4, -0.2) is 39.1 Å². The van der Waals surface area contributed by atoms with Crippen LogP contribution in [0.3, 0.4) is 0 Å². The Labute approximate surface area is 260 Å². The van der Waals surface area contributed by atoms with Crippen molar-refractivity contribution in [1.29, 1.82) is 0 Å². The van der Waals surface area contributed by atoms with Crippen LogP contribution in [0.15, 0.2) is 124 Å². The van der Waals surface area contributed by atoms with Gasteiger partial charge in [0.05, 0.1) is 28.4 Å². The van der Waals surface area contributed by atoms with Gasteiger partial charge in [-0.1, -0.05) is 91.5 Å². The lowest BCUT2D eigenvalue weighted by Gasteiger charge is -2.18. The maximum absolute atomic E-state index is 15.1. The van der Waals surface area contributed by atoms with Crippen molar-refractivity contribution >= 4 is 41.0 Å². The van der Waals surface area contributed by atoms with Crippen LogP contribution >= 0.6 is 7.29 Å². The Morgan fingerprint density at radius 3 is 2.11 bits per heavy atom. The molecule has 0 fully saturated rings. The van der Waals surface area contributed by atoms with E-state index in [2.05, 4.69) is 60.5 Å². The maximum Gasteiger partial charge on any atom is 0.331 e. The molecule has 9 rings (SSSR count).